The predicted molar refractivity (Wildman–Crippen MR) is 74.2 cm³/mol. The Bertz CT molecular complexity index is 452. The summed E-state index contributed by atoms with van der Waals surface area (Å²) in [6, 6.07) is 8.22. The van der Waals surface area contributed by atoms with Gasteiger partial charge in [0.1, 0.15) is 18.6 Å². The van der Waals surface area contributed by atoms with Gasteiger partial charge in [-0.25, -0.2) is 0 Å². The first-order chi connectivity index (χ1) is 9.31. The molecule has 3 heteroatoms. The first-order valence-corrected chi connectivity index (χ1v) is 7.21. The Labute approximate surface area is 114 Å². The molecule has 2 aliphatic rings. The van der Waals surface area contributed by atoms with Crippen LogP contribution in [0.15, 0.2) is 24.3 Å². The minimum absolute atomic E-state index is 0.0979. The van der Waals surface area contributed by atoms with Crippen LogP contribution in [0.25, 0.3) is 0 Å². The quantitative estimate of drug-likeness (QED) is 0.782. The Morgan fingerprint density at radius 2 is 2.05 bits per heavy atom. The van der Waals surface area contributed by atoms with Gasteiger partial charge in [0.2, 0.25) is 0 Å². The van der Waals surface area contributed by atoms with Gasteiger partial charge in [-0.15, -0.1) is 0 Å². The van der Waals surface area contributed by atoms with Gasteiger partial charge in [0.05, 0.1) is 0 Å². The van der Waals surface area contributed by atoms with Crippen molar-refractivity contribution in [3.05, 3.63) is 29.8 Å². The van der Waals surface area contributed by atoms with E-state index in [2.05, 4.69) is 17.0 Å². The number of hydrogen-bond acceptors (Lipinski definition) is 3. The second-order valence-electron chi connectivity index (χ2n) is 5.85. The average molecular weight is 259 g/mol. The highest BCUT2D eigenvalue weighted by atomic mass is 16.5. The molecule has 0 atom stereocenters. The molecular formula is C16H21NO2. The number of ether oxygens (including phenoxy) is 1. The van der Waals surface area contributed by atoms with Crippen LogP contribution >= 0.6 is 0 Å². The Morgan fingerprint density at radius 1 is 1.26 bits per heavy atom. The van der Waals surface area contributed by atoms with Gasteiger partial charge in [0, 0.05) is 30.6 Å². The summed E-state index contributed by atoms with van der Waals surface area (Å²) in [5.41, 5.74) is 1.14. The summed E-state index contributed by atoms with van der Waals surface area (Å²) in [7, 11) is 0. The summed E-state index contributed by atoms with van der Waals surface area (Å²) in [4.78, 5) is 13.9. The number of fused-ring (bicyclic) bond motifs is 1. The number of rotatable bonds is 3. The van der Waals surface area contributed by atoms with Gasteiger partial charge in [-0.1, -0.05) is 31.0 Å². The molecule has 1 heterocycles. The van der Waals surface area contributed by atoms with Crippen molar-refractivity contribution < 1.29 is 9.53 Å². The van der Waals surface area contributed by atoms with E-state index < -0.39 is 0 Å². The molecule has 0 bridgehead atoms. The van der Waals surface area contributed by atoms with E-state index in [1.165, 1.54) is 24.7 Å². The van der Waals surface area contributed by atoms with Crippen LogP contribution in [-0.2, 0) is 11.3 Å². The van der Waals surface area contributed by atoms with E-state index in [-0.39, 0.29) is 5.41 Å². The maximum atomic E-state index is 11.5. The molecular weight excluding hydrogens is 238 g/mol. The van der Waals surface area contributed by atoms with Crippen molar-refractivity contribution in [1.29, 1.82) is 0 Å². The third kappa shape index (κ3) is 2.66. The van der Waals surface area contributed by atoms with Crippen molar-refractivity contribution >= 4 is 6.29 Å². The highest BCUT2D eigenvalue weighted by molar-refractivity contribution is 5.60. The fourth-order valence-electron chi connectivity index (χ4n) is 3.35. The highest BCUT2D eigenvalue weighted by Gasteiger charge is 2.35. The SMILES string of the molecule is O=CC1(CN2CCOc3ccccc3C2)CCCC1. The number of carbonyl (C=O) groups is 1. The zero-order chi connectivity index (χ0) is 13.1. The van der Waals surface area contributed by atoms with Crippen molar-refractivity contribution in [3.63, 3.8) is 0 Å². The number of hydrogen-bond donors (Lipinski definition) is 0. The molecule has 0 amide bonds. The second kappa shape index (κ2) is 5.33. The molecule has 1 fully saturated rings. The number of aldehydes is 1. The van der Waals surface area contributed by atoms with Crippen molar-refractivity contribution in [2.45, 2.75) is 32.2 Å². The van der Waals surface area contributed by atoms with Crippen LogP contribution in [0.4, 0.5) is 0 Å². The van der Waals surface area contributed by atoms with Crippen LogP contribution in [0.2, 0.25) is 0 Å². The summed E-state index contributed by atoms with van der Waals surface area (Å²) in [5, 5.41) is 0. The van der Waals surface area contributed by atoms with Crippen LogP contribution in [0.5, 0.6) is 5.75 Å². The number of benzene rings is 1. The molecule has 1 saturated carbocycles. The molecule has 3 nitrogen and oxygen atoms in total. The van der Waals surface area contributed by atoms with Crippen molar-refractivity contribution in [3.8, 4) is 5.75 Å². The molecule has 1 aromatic rings. The molecule has 1 aromatic carbocycles. The lowest BCUT2D eigenvalue weighted by molar-refractivity contribution is -0.117. The summed E-state index contributed by atoms with van der Waals surface area (Å²) in [5.74, 6) is 0.997. The molecule has 0 saturated heterocycles. The number of nitrogens with zero attached hydrogens (tertiary/aromatic N) is 1. The Morgan fingerprint density at radius 3 is 2.84 bits per heavy atom. The van der Waals surface area contributed by atoms with Gasteiger partial charge < -0.3 is 9.53 Å². The lowest BCUT2D eigenvalue weighted by Gasteiger charge is -2.30. The van der Waals surface area contributed by atoms with Crippen molar-refractivity contribution in [1.82, 2.24) is 4.90 Å². The van der Waals surface area contributed by atoms with Crippen LogP contribution in [0.1, 0.15) is 31.2 Å². The van der Waals surface area contributed by atoms with E-state index in [9.17, 15) is 4.79 Å². The summed E-state index contributed by atoms with van der Waals surface area (Å²) < 4.78 is 5.78. The number of para-hydroxylation sites is 1. The fraction of sp³-hybridized carbons (Fsp3) is 0.562. The molecule has 0 N–H and O–H groups in total. The zero-order valence-electron chi connectivity index (χ0n) is 11.3. The number of carbonyl (C=O) groups excluding carboxylic acids is 1. The maximum Gasteiger partial charge on any atom is 0.127 e. The normalized spacial score (nSPS) is 22.3. The van der Waals surface area contributed by atoms with Crippen molar-refractivity contribution in [2.75, 3.05) is 19.7 Å². The summed E-state index contributed by atoms with van der Waals surface area (Å²) >= 11 is 0. The van der Waals surface area contributed by atoms with Crippen molar-refractivity contribution in [2.24, 2.45) is 5.41 Å². The van der Waals surface area contributed by atoms with E-state index in [0.717, 1.165) is 38.2 Å². The predicted octanol–water partition coefficient (Wildman–Crippen LogP) is 2.64. The van der Waals surface area contributed by atoms with Gasteiger partial charge in [-0.2, -0.15) is 0 Å². The smallest absolute Gasteiger partial charge is 0.127 e. The van der Waals surface area contributed by atoms with Crippen LogP contribution < -0.4 is 4.74 Å². The average Bonchev–Trinajstić information content (AvgIpc) is 2.80. The zero-order valence-corrected chi connectivity index (χ0v) is 11.3. The van der Waals surface area contributed by atoms with Gasteiger partial charge in [-0.05, 0) is 18.9 Å². The third-order valence-corrected chi connectivity index (χ3v) is 4.42. The Kier molecular flexibility index (Phi) is 3.56. The minimum Gasteiger partial charge on any atom is -0.492 e. The van der Waals surface area contributed by atoms with E-state index in [1.807, 2.05) is 12.1 Å². The molecule has 1 aliphatic carbocycles. The van der Waals surface area contributed by atoms with Crippen LogP contribution in [-0.4, -0.2) is 30.9 Å². The second-order valence-corrected chi connectivity index (χ2v) is 5.85. The summed E-state index contributed by atoms with van der Waals surface area (Å²) in [6.07, 6.45) is 5.70. The molecule has 3 rings (SSSR count). The third-order valence-electron chi connectivity index (χ3n) is 4.42. The topological polar surface area (TPSA) is 29.5 Å². The first-order valence-electron chi connectivity index (χ1n) is 7.21. The molecule has 1 aliphatic heterocycles. The van der Waals surface area contributed by atoms with Gasteiger partial charge in [-0.3, -0.25) is 4.90 Å². The Balaban J connectivity index is 1.74. The standard InChI is InChI=1S/C16H21NO2/c18-13-16(7-3-4-8-16)12-17-9-10-19-15-6-2-1-5-14(15)11-17/h1-2,5-6,13H,3-4,7-12H2. The largest absolute Gasteiger partial charge is 0.492 e. The Hall–Kier alpha value is -1.35. The summed E-state index contributed by atoms with van der Waals surface area (Å²) in [6.45, 7) is 3.40. The van der Waals surface area contributed by atoms with Gasteiger partial charge in [0.25, 0.3) is 0 Å². The maximum absolute atomic E-state index is 11.5. The first kappa shape index (κ1) is 12.7. The molecule has 19 heavy (non-hydrogen) atoms. The van der Waals surface area contributed by atoms with E-state index in [0.29, 0.717) is 6.61 Å². The monoisotopic (exact) mass is 259 g/mol. The highest BCUT2D eigenvalue weighted by Crippen LogP contribution is 2.37. The molecule has 102 valence electrons. The molecule has 0 spiro atoms. The molecule has 0 radical (unpaired) electrons. The van der Waals surface area contributed by atoms with E-state index in [1.54, 1.807) is 0 Å². The fourth-order valence-corrected chi connectivity index (χ4v) is 3.35. The van der Waals surface area contributed by atoms with Crippen LogP contribution in [0, 0.1) is 5.41 Å². The van der Waals surface area contributed by atoms with E-state index in [4.69, 9.17) is 4.74 Å². The molecule has 0 aromatic heterocycles. The van der Waals surface area contributed by atoms with Gasteiger partial charge in [0.15, 0.2) is 0 Å². The lowest BCUT2D eigenvalue weighted by atomic mass is 9.87. The van der Waals surface area contributed by atoms with Crippen LogP contribution in [0.3, 0.4) is 0 Å². The van der Waals surface area contributed by atoms with E-state index >= 15 is 0 Å². The lowest BCUT2D eigenvalue weighted by Crippen LogP contribution is -2.38. The van der Waals surface area contributed by atoms with Gasteiger partial charge >= 0.3 is 0 Å². The minimum atomic E-state index is -0.0979. The molecule has 0 unspecified atom stereocenters.